The summed E-state index contributed by atoms with van der Waals surface area (Å²) >= 11 is 0. The predicted molar refractivity (Wildman–Crippen MR) is 187 cm³/mol. The molecule has 1 N–H and O–H groups in total. The number of fused-ring (bicyclic) bond motifs is 2. The lowest BCUT2D eigenvalue weighted by molar-refractivity contribution is 0.0114. The van der Waals surface area contributed by atoms with Crippen LogP contribution in [0, 0.1) is 6.92 Å². The molecule has 1 saturated carbocycles. The van der Waals surface area contributed by atoms with Crippen LogP contribution >= 0.6 is 0 Å². The van der Waals surface area contributed by atoms with Gasteiger partial charge in [-0.3, -0.25) is 4.79 Å². The van der Waals surface area contributed by atoms with Gasteiger partial charge in [-0.15, -0.1) is 0 Å². The molecule has 2 aliphatic rings. The predicted octanol–water partition coefficient (Wildman–Crippen LogP) is 7.01. The summed E-state index contributed by atoms with van der Waals surface area (Å²) in [5, 5.41) is 3.79. The minimum Gasteiger partial charge on any atom is -0.467 e. The first kappa shape index (κ1) is 32.2. The van der Waals surface area contributed by atoms with E-state index in [1.165, 1.54) is 7.11 Å². The van der Waals surface area contributed by atoms with Gasteiger partial charge in [0.1, 0.15) is 11.4 Å². The Labute approximate surface area is 285 Å². The number of hydrogen-bond acceptors (Lipinski definition) is 9. The zero-order valence-electron chi connectivity index (χ0n) is 28.5. The summed E-state index contributed by atoms with van der Waals surface area (Å²) in [6.45, 7) is 9.09. The number of carbonyl (C=O) groups is 2. The molecule has 1 aliphatic heterocycles. The van der Waals surface area contributed by atoms with Crippen molar-refractivity contribution in [2.75, 3.05) is 30.4 Å². The number of benzene rings is 2. The highest BCUT2D eigenvalue weighted by Gasteiger charge is 2.41. The Bertz CT molecular complexity index is 2010. The van der Waals surface area contributed by atoms with Crippen LogP contribution in [0.5, 0.6) is 17.5 Å². The standard InChI is InChI=1S/C37H41N7O5/c1-23-21-43-22-24(19-31(33(43)39-23)48-27-9-7-6-8-10-27)40-34(45)28-13-14-30(29-20-38-35(47-5)41-32(28)29)42-17-15-26(16-18-42)44(25-11-12-25)36(46)49-37(2,3)4/h6-10,13-14,19-22,25-26H,11-12,15-18H2,1-5H3,(H,40,45). The van der Waals surface area contributed by atoms with Crippen molar-refractivity contribution in [1.82, 2.24) is 24.3 Å². The van der Waals surface area contributed by atoms with E-state index in [2.05, 4.69) is 25.2 Å². The molecule has 12 nitrogen and oxygen atoms in total. The molecule has 254 valence electrons. The third kappa shape index (κ3) is 6.94. The van der Waals surface area contributed by atoms with Crippen LogP contribution in [0.2, 0.25) is 0 Å². The first-order valence-corrected chi connectivity index (χ1v) is 16.7. The van der Waals surface area contributed by atoms with E-state index >= 15 is 0 Å². The number of nitrogens with one attached hydrogen (secondary N) is 1. The number of methoxy groups -OCH3 is 1. The molecule has 1 aliphatic carbocycles. The summed E-state index contributed by atoms with van der Waals surface area (Å²) in [7, 11) is 1.50. The van der Waals surface area contributed by atoms with Gasteiger partial charge in [-0.2, -0.15) is 4.98 Å². The number of imidazole rings is 1. The number of ether oxygens (including phenoxy) is 3. The number of hydrogen-bond donors (Lipinski definition) is 1. The first-order chi connectivity index (χ1) is 23.6. The minimum atomic E-state index is -0.539. The maximum Gasteiger partial charge on any atom is 0.410 e. The maximum absolute atomic E-state index is 13.9. The Balaban J connectivity index is 1.14. The molecule has 4 heterocycles. The second-order valence-corrected chi connectivity index (χ2v) is 13.7. The molecule has 12 heteroatoms. The highest BCUT2D eigenvalue weighted by molar-refractivity contribution is 6.14. The van der Waals surface area contributed by atoms with Crippen LogP contribution in [-0.2, 0) is 4.74 Å². The molecule has 0 unspecified atom stereocenters. The number of para-hydroxylation sites is 1. The molecule has 3 aromatic heterocycles. The summed E-state index contributed by atoms with van der Waals surface area (Å²) < 4.78 is 19.2. The zero-order chi connectivity index (χ0) is 34.3. The van der Waals surface area contributed by atoms with Crippen molar-refractivity contribution in [3.8, 4) is 17.5 Å². The number of amides is 2. The number of anilines is 2. The third-order valence-electron chi connectivity index (χ3n) is 8.74. The number of nitrogens with zero attached hydrogens (tertiary/aromatic N) is 6. The maximum atomic E-state index is 13.9. The number of carbonyl (C=O) groups excluding carboxylic acids is 2. The Morgan fingerprint density at radius 1 is 0.959 bits per heavy atom. The van der Waals surface area contributed by atoms with Crippen molar-refractivity contribution in [1.29, 1.82) is 0 Å². The van der Waals surface area contributed by atoms with Crippen LogP contribution in [0.3, 0.4) is 0 Å². The van der Waals surface area contributed by atoms with E-state index in [0.29, 0.717) is 33.9 Å². The third-order valence-corrected chi connectivity index (χ3v) is 8.74. The number of aromatic nitrogens is 4. The monoisotopic (exact) mass is 663 g/mol. The van der Waals surface area contributed by atoms with Crippen molar-refractivity contribution in [2.24, 2.45) is 0 Å². The second kappa shape index (κ2) is 12.9. The summed E-state index contributed by atoms with van der Waals surface area (Å²) in [5.74, 6) is 0.833. The minimum absolute atomic E-state index is 0.110. The van der Waals surface area contributed by atoms with E-state index < -0.39 is 5.60 Å². The van der Waals surface area contributed by atoms with Gasteiger partial charge in [-0.05, 0) is 77.6 Å². The summed E-state index contributed by atoms with van der Waals surface area (Å²) in [5.41, 5.74) is 3.25. The Morgan fingerprint density at radius 2 is 1.69 bits per heavy atom. The van der Waals surface area contributed by atoms with Crippen molar-refractivity contribution in [3.05, 3.63) is 78.4 Å². The van der Waals surface area contributed by atoms with Gasteiger partial charge in [-0.1, -0.05) is 18.2 Å². The van der Waals surface area contributed by atoms with Crippen molar-refractivity contribution < 1.29 is 23.8 Å². The fraction of sp³-hybridized carbons (Fsp3) is 0.378. The van der Waals surface area contributed by atoms with Crippen LogP contribution in [0.15, 0.2) is 67.1 Å². The average molecular weight is 664 g/mol. The van der Waals surface area contributed by atoms with Gasteiger partial charge in [0.05, 0.1) is 29.6 Å². The average Bonchev–Trinajstić information content (AvgIpc) is 3.83. The van der Waals surface area contributed by atoms with Crippen LogP contribution in [0.1, 0.15) is 62.5 Å². The van der Waals surface area contributed by atoms with Crippen molar-refractivity contribution >= 4 is 39.9 Å². The molecule has 1 saturated heterocycles. The van der Waals surface area contributed by atoms with Gasteiger partial charge in [0, 0.05) is 60.9 Å². The number of rotatable bonds is 8. The summed E-state index contributed by atoms with van der Waals surface area (Å²) in [6.07, 6.45) is 8.82. The van der Waals surface area contributed by atoms with Gasteiger partial charge in [-0.25, -0.2) is 14.8 Å². The van der Waals surface area contributed by atoms with Gasteiger partial charge in [0.2, 0.25) is 0 Å². The molecular formula is C37H41N7O5. The van der Waals surface area contributed by atoms with E-state index in [0.717, 1.165) is 55.5 Å². The molecule has 2 fully saturated rings. The highest BCUT2D eigenvalue weighted by atomic mass is 16.6. The van der Waals surface area contributed by atoms with Gasteiger partial charge >= 0.3 is 12.1 Å². The van der Waals surface area contributed by atoms with Crippen molar-refractivity contribution in [2.45, 2.75) is 71.1 Å². The molecule has 0 atom stereocenters. The van der Waals surface area contributed by atoms with E-state index in [1.807, 2.05) is 85.8 Å². The molecule has 49 heavy (non-hydrogen) atoms. The van der Waals surface area contributed by atoms with E-state index in [9.17, 15) is 9.59 Å². The second-order valence-electron chi connectivity index (χ2n) is 13.7. The molecule has 2 amide bonds. The largest absolute Gasteiger partial charge is 0.467 e. The normalized spacial score (nSPS) is 15.3. The van der Waals surface area contributed by atoms with Crippen LogP contribution in [0.25, 0.3) is 16.6 Å². The van der Waals surface area contributed by atoms with E-state index in [-0.39, 0.29) is 30.1 Å². The molecule has 7 rings (SSSR count). The Kier molecular flexibility index (Phi) is 8.47. The van der Waals surface area contributed by atoms with Gasteiger partial charge in [0.15, 0.2) is 11.4 Å². The lowest BCUT2D eigenvalue weighted by Crippen LogP contribution is -2.50. The molecule has 0 spiro atoms. The summed E-state index contributed by atoms with van der Waals surface area (Å²) in [6, 6.07) is 15.5. The first-order valence-electron chi connectivity index (χ1n) is 16.7. The molecule has 5 aromatic rings. The van der Waals surface area contributed by atoms with Crippen LogP contribution < -0.4 is 19.7 Å². The molecular weight excluding hydrogens is 622 g/mol. The van der Waals surface area contributed by atoms with Gasteiger partial charge < -0.3 is 33.7 Å². The fourth-order valence-corrected chi connectivity index (χ4v) is 6.44. The Morgan fingerprint density at radius 3 is 2.39 bits per heavy atom. The topological polar surface area (TPSA) is 123 Å². The molecule has 2 aromatic carbocycles. The number of aryl methyl sites for hydroxylation is 1. The molecule has 0 bridgehead atoms. The van der Waals surface area contributed by atoms with Crippen LogP contribution in [0.4, 0.5) is 16.2 Å². The Hall–Kier alpha value is -5.39. The lowest BCUT2D eigenvalue weighted by Gasteiger charge is -2.40. The quantitative estimate of drug-likeness (QED) is 0.187. The van der Waals surface area contributed by atoms with Gasteiger partial charge in [0.25, 0.3) is 5.91 Å². The SMILES string of the molecule is COc1ncc2c(N3CCC(N(C(=O)OC(C)(C)C)C4CC4)CC3)ccc(C(=O)Nc3cc(Oc4ccccc4)c4nc(C)cn4c3)c2n1. The fourth-order valence-electron chi connectivity index (χ4n) is 6.44. The van der Waals surface area contributed by atoms with E-state index in [1.54, 1.807) is 18.3 Å². The number of piperidine rings is 1. The lowest BCUT2D eigenvalue weighted by atomic mass is 10.0. The number of pyridine rings is 1. The molecule has 0 radical (unpaired) electrons. The van der Waals surface area contributed by atoms with Crippen molar-refractivity contribution in [3.63, 3.8) is 0 Å². The highest BCUT2D eigenvalue weighted by Crippen LogP contribution is 2.36. The van der Waals surface area contributed by atoms with Crippen LogP contribution in [-0.4, -0.2) is 74.1 Å². The summed E-state index contributed by atoms with van der Waals surface area (Å²) in [4.78, 5) is 45.0. The van der Waals surface area contributed by atoms with E-state index in [4.69, 9.17) is 14.2 Å². The smallest absolute Gasteiger partial charge is 0.410 e. The zero-order valence-corrected chi connectivity index (χ0v) is 28.5.